The summed E-state index contributed by atoms with van der Waals surface area (Å²) in [5, 5.41) is 5.73. The van der Waals surface area contributed by atoms with Gasteiger partial charge in [0.15, 0.2) is 0 Å². The van der Waals surface area contributed by atoms with Gasteiger partial charge in [0.05, 0.1) is 0 Å². The molecule has 5 heteroatoms. The van der Waals surface area contributed by atoms with Crippen LogP contribution in [-0.2, 0) is 6.42 Å². The monoisotopic (exact) mass is 287 g/mol. The van der Waals surface area contributed by atoms with Crippen molar-refractivity contribution in [3.63, 3.8) is 0 Å². The molecule has 2 N–H and O–H groups in total. The van der Waals surface area contributed by atoms with Crippen molar-refractivity contribution in [2.75, 3.05) is 17.7 Å². The summed E-state index contributed by atoms with van der Waals surface area (Å²) < 4.78 is 13.1. The van der Waals surface area contributed by atoms with Crippen LogP contribution in [0.4, 0.5) is 15.9 Å². The van der Waals surface area contributed by atoms with E-state index in [0.717, 1.165) is 12.1 Å². The lowest BCUT2D eigenvalue weighted by atomic mass is 10.1. The minimum absolute atomic E-state index is 0.238. The van der Waals surface area contributed by atoms with Crippen LogP contribution in [0.5, 0.6) is 0 Å². The second-order valence-corrected chi connectivity index (χ2v) is 4.75. The summed E-state index contributed by atoms with van der Waals surface area (Å²) in [6, 6.07) is 7.72. The van der Waals surface area contributed by atoms with Gasteiger partial charge >= 0.3 is 0 Å². The molecule has 0 saturated heterocycles. The third-order valence-corrected chi connectivity index (χ3v) is 3.20. The Labute approximate surface area is 123 Å². The van der Waals surface area contributed by atoms with Crippen LogP contribution in [0.15, 0.2) is 30.3 Å². The molecule has 0 atom stereocenters. The van der Waals surface area contributed by atoms with Gasteiger partial charge in [-0.15, -0.1) is 0 Å². The molecule has 0 spiro atoms. The lowest BCUT2D eigenvalue weighted by Crippen LogP contribution is -2.14. The summed E-state index contributed by atoms with van der Waals surface area (Å²) in [6.45, 7) is 3.73. The molecule has 0 radical (unpaired) electrons. The van der Waals surface area contributed by atoms with Crippen molar-refractivity contribution in [3.8, 4) is 0 Å². The predicted octanol–water partition coefficient (Wildman–Crippen LogP) is 3.39. The van der Waals surface area contributed by atoms with Crippen LogP contribution in [0, 0.1) is 12.7 Å². The SMILES string of the molecule is CCc1cc(C(=O)Nc2ccc(F)cc2C)cc(NC)n1. The second kappa shape index (κ2) is 6.35. The first kappa shape index (κ1) is 15.0. The molecule has 1 heterocycles. The molecular formula is C16H18FN3O. The lowest BCUT2D eigenvalue weighted by Gasteiger charge is -2.10. The van der Waals surface area contributed by atoms with Gasteiger partial charge in [0, 0.05) is 24.0 Å². The Bertz CT molecular complexity index is 648. The van der Waals surface area contributed by atoms with Crippen molar-refractivity contribution in [1.82, 2.24) is 4.98 Å². The number of amides is 1. The molecule has 0 bridgehead atoms. The molecule has 0 fully saturated rings. The van der Waals surface area contributed by atoms with Crippen LogP contribution < -0.4 is 10.6 Å². The molecule has 1 aromatic heterocycles. The van der Waals surface area contributed by atoms with Gasteiger partial charge < -0.3 is 10.6 Å². The van der Waals surface area contributed by atoms with E-state index in [2.05, 4.69) is 15.6 Å². The zero-order chi connectivity index (χ0) is 15.4. The number of hydrogen-bond acceptors (Lipinski definition) is 3. The van der Waals surface area contributed by atoms with Crippen LogP contribution in [-0.4, -0.2) is 17.9 Å². The zero-order valence-corrected chi connectivity index (χ0v) is 12.3. The van der Waals surface area contributed by atoms with Crippen LogP contribution >= 0.6 is 0 Å². The maximum Gasteiger partial charge on any atom is 0.255 e. The fourth-order valence-corrected chi connectivity index (χ4v) is 1.99. The molecule has 110 valence electrons. The minimum atomic E-state index is -0.319. The number of carbonyl (C=O) groups excluding carboxylic acids is 1. The largest absolute Gasteiger partial charge is 0.373 e. The van der Waals surface area contributed by atoms with Crippen molar-refractivity contribution < 1.29 is 9.18 Å². The fraction of sp³-hybridized carbons (Fsp3) is 0.250. The average molecular weight is 287 g/mol. The topological polar surface area (TPSA) is 54.0 Å². The summed E-state index contributed by atoms with van der Waals surface area (Å²) in [7, 11) is 1.76. The normalized spacial score (nSPS) is 10.3. The van der Waals surface area contributed by atoms with Crippen LogP contribution in [0.25, 0.3) is 0 Å². The van der Waals surface area contributed by atoms with Gasteiger partial charge in [0.2, 0.25) is 0 Å². The van der Waals surface area contributed by atoms with E-state index in [1.54, 1.807) is 32.2 Å². The first-order valence-electron chi connectivity index (χ1n) is 6.79. The number of hydrogen-bond donors (Lipinski definition) is 2. The highest BCUT2D eigenvalue weighted by molar-refractivity contribution is 6.05. The number of pyridine rings is 1. The molecule has 2 rings (SSSR count). The first-order valence-corrected chi connectivity index (χ1v) is 6.79. The van der Waals surface area contributed by atoms with Crippen LogP contribution in [0.1, 0.15) is 28.5 Å². The Morgan fingerprint density at radius 1 is 1.29 bits per heavy atom. The number of nitrogens with zero attached hydrogens (tertiary/aromatic N) is 1. The minimum Gasteiger partial charge on any atom is -0.373 e. The Morgan fingerprint density at radius 2 is 2.05 bits per heavy atom. The smallest absolute Gasteiger partial charge is 0.255 e. The van der Waals surface area contributed by atoms with Crippen molar-refractivity contribution in [1.29, 1.82) is 0 Å². The Kier molecular flexibility index (Phi) is 4.52. The van der Waals surface area contributed by atoms with Gasteiger partial charge in [0.1, 0.15) is 11.6 Å². The molecule has 0 aliphatic carbocycles. The first-order chi connectivity index (χ1) is 10.0. The Hall–Kier alpha value is -2.43. The molecule has 21 heavy (non-hydrogen) atoms. The van der Waals surface area contributed by atoms with E-state index in [4.69, 9.17) is 0 Å². The van der Waals surface area contributed by atoms with E-state index in [-0.39, 0.29) is 11.7 Å². The van der Waals surface area contributed by atoms with Crippen molar-refractivity contribution >= 4 is 17.4 Å². The third kappa shape index (κ3) is 3.56. The van der Waals surface area contributed by atoms with Gasteiger partial charge in [-0.1, -0.05) is 6.92 Å². The number of halogens is 1. The molecule has 0 aliphatic heterocycles. The molecule has 0 unspecified atom stereocenters. The summed E-state index contributed by atoms with van der Waals surface area (Å²) in [4.78, 5) is 16.7. The highest BCUT2D eigenvalue weighted by atomic mass is 19.1. The van der Waals surface area contributed by atoms with E-state index in [1.807, 2.05) is 6.92 Å². The summed E-state index contributed by atoms with van der Waals surface area (Å²) in [5.41, 5.74) is 2.64. The van der Waals surface area contributed by atoms with Crippen molar-refractivity contribution in [2.24, 2.45) is 0 Å². The molecule has 2 aromatic rings. The summed E-state index contributed by atoms with van der Waals surface area (Å²) in [5.74, 6) is 0.0915. The van der Waals surface area contributed by atoms with Gasteiger partial charge in [0.25, 0.3) is 5.91 Å². The molecule has 1 aromatic carbocycles. The number of benzene rings is 1. The molecular weight excluding hydrogens is 269 g/mol. The van der Waals surface area contributed by atoms with Crippen molar-refractivity contribution in [2.45, 2.75) is 20.3 Å². The summed E-state index contributed by atoms with van der Waals surface area (Å²) in [6.07, 6.45) is 0.741. The quantitative estimate of drug-likeness (QED) is 0.906. The summed E-state index contributed by atoms with van der Waals surface area (Å²) >= 11 is 0. The van der Waals surface area contributed by atoms with E-state index in [0.29, 0.717) is 22.6 Å². The average Bonchev–Trinajstić information content (AvgIpc) is 2.49. The Morgan fingerprint density at radius 3 is 2.67 bits per heavy atom. The molecule has 4 nitrogen and oxygen atoms in total. The lowest BCUT2D eigenvalue weighted by molar-refractivity contribution is 0.102. The van der Waals surface area contributed by atoms with E-state index >= 15 is 0 Å². The maximum atomic E-state index is 13.1. The van der Waals surface area contributed by atoms with Gasteiger partial charge in [-0.3, -0.25) is 4.79 Å². The number of anilines is 2. The number of nitrogens with one attached hydrogen (secondary N) is 2. The van der Waals surface area contributed by atoms with E-state index < -0.39 is 0 Å². The third-order valence-electron chi connectivity index (χ3n) is 3.20. The zero-order valence-electron chi connectivity index (χ0n) is 12.3. The second-order valence-electron chi connectivity index (χ2n) is 4.75. The number of aryl methyl sites for hydroxylation is 2. The number of carbonyl (C=O) groups is 1. The van der Waals surface area contributed by atoms with Crippen LogP contribution in [0.2, 0.25) is 0 Å². The molecule has 0 aliphatic rings. The predicted molar refractivity (Wildman–Crippen MR) is 82.3 cm³/mol. The highest BCUT2D eigenvalue weighted by Gasteiger charge is 2.11. The van der Waals surface area contributed by atoms with Crippen molar-refractivity contribution in [3.05, 3.63) is 53.0 Å². The van der Waals surface area contributed by atoms with Gasteiger partial charge in [-0.25, -0.2) is 9.37 Å². The number of aromatic nitrogens is 1. The fourth-order valence-electron chi connectivity index (χ4n) is 1.99. The molecule has 0 saturated carbocycles. The van der Waals surface area contributed by atoms with E-state index in [9.17, 15) is 9.18 Å². The van der Waals surface area contributed by atoms with Gasteiger partial charge in [-0.05, 0) is 49.2 Å². The number of rotatable bonds is 4. The van der Waals surface area contributed by atoms with Gasteiger partial charge in [-0.2, -0.15) is 0 Å². The maximum absolute atomic E-state index is 13.1. The highest BCUT2D eigenvalue weighted by Crippen LogP contribution is 2.18. The Balaban J connectivity index is 2.27. The van der Waals surface area contributed by atoms with Crippen LogP contribution in [0.3, 0.4) is 0 Å². The standard InChI is InChI=1S/C16H18FN3O/c1-4-13-8-11(9-15(18-3)19-13)16(21)20-14-6-5-12(17)7-10(14)2/h5-9H,4H2,1-3H3,(H,18,19)(H,20,21). The molecule has 1 amide bonds. The van der Waals surface area contributed by atoms with E-state index in [1.165, 1.54) is 12.1 Å².